The van der Waals surface area contributed by atoms with Crippen LogP contribution in [-0.4, -0.2) is 61.1 Å². The van der Waals surface area contributed by atoms with Crippen molar-refractivity contribution in [2.45, 2.75) is 39.7 Å². The highest BCUT2D eigenvalue weighted by atomic mass is 16.7. The highest BCUT2D eigenvalue weighted by Crippen LogP contribution is 2.34. The van der Waals surface area contributed by atoms with Crippen molar-refractivity contribution in [1.82, 2.24) is 9.88 Å². The molecule has 28 heavy (non-hydrogen) atoms. The van der Waals surface area contributed by atoms with E-state index >= 15 is 0 Å². The van der Waals surface area contributed by atoms with Gasteiger partial charge < -0.3 is 23.8 Å². The summed E-state index contributed by atoms with van der Waals surface area (Å²) in [5.74, 6) is 0.0483. The van der Waals surface area contributed by atoms with E-state index in [1.807, 2.05) is 0 Å². The maximum absolute atomic E-state index is 12.6. The molecule has 0 spiro atoms. The Balaban J connectivity index is 2.38. The van der Waals surface area contributed by atoms with Gasteiger partial charge in [-0.15, -0.1) is 0 Å². The fourth-order valence-corrected chi connectivity index (χ4v) is 2.82. The molecule has 0 aliphatic carbocycles. The first-order valence-electron chi connectivity index (χ1n) is 9.20. The molecule has 1 aromatic rings. The summed E-state index contributed by atoms with van der Waals surface area (Å²) >= 11 is 0. The maximum atomic E-state index is 12.6. The first kappa shape index (κ1) is 21.7. The van der Waals surface area contributed by atoms with Crippen LogP contribution in [0.5, 0.6) is 5.75 Å². The third-order valence-electron chi connectivity index (χ3n) is 3.96. The van der Waals surface area contributed by atoms with E-state index < -0.39 is 17.7 Å². The van der Waals surface area contributed by atoms with Crippen LogP contribution in [0.2, 0.25) is 0 Å². The van der Waals surface area contributed by atoms with E-state index in [1.54, 1.807) is 46.2 Å². The Hall–Kier alpha value is -2.61. The van der Waals surface area contributed by atoms with E-state index in [1.165, 1.54) is 12.0 Å². The highest BCUT2D eigenvalue weighted by Gasteiger charge is 2.31. The average Bonchev–Trinajstić information content (AvgIpc) is 2.65. The number of ether oxygens (including phenoxy) is 4. The molecule has 2 heterocycles. The standard InChI is InChI=1S/C20H28N2O6/c1-6-26-18(23)16-12-22(19(24)28-20(2,3)4)10-8-14(16)15-7-9-21-11-17(15)27-13-25-5/h7,9,11H,6,8,10,12-13H2,1-5H3. The van der Waals surface area contributed by atoms with Crippen LogP contribution in [-0.2, 0) is 19.0 Å². The third-order valence-corrected chi connectivity index (χ3v) is 3.96. The van der Waals surface area contributed by atoms with Crippen LogP contribution in [0.4, 0.5) is 4.79 Å². The fourth-order valence-electron chi connectivity index (χ4n) is 2.82. The van der Waals surface area contributed by atoms with Crippen molar-refractivity contribution in [3.05, 3.63) is 29.6 Å². The van der Waals surface area contributed by atoms with Gasteiger partial charge in [-0.1, -0.05) is 0 Å². The topological polar surface area (TPSA) is 87.2 Å². The summed E-state index contributed by atoms with van der Waals surface area (Å²) in [6.07, 6.45) is 3.20. The SMILES string of the molecule is CCOC(=O)C1=C(c2ccncc2OCOC)CCN(C(=O)OC(C)(C)C)C1. The predicted molar refractivity (Wildman–Crippen MR) is 103 cm³/mol. The number of carbonyl (C=O) groups is 2. The van der Waals surface area contributed by atoms with Crippen LogP contribution in [0.3, 0.4) is 0 Å². The van der Waals surface area contributed by atoms with Gasteiger partial charge in [-0.05, 0) is 45.8 Å². The van der Waals surface area contributed by atoms with Gasteiger partial charge in [-0.2, -0.15) is 0 Å². The Morgan fingerprint density at radius 3 is 2.68 bits per heavy atom. The molecule has 8 nitrogen and oxygen atoms in total. The summed E-state index contributed by atoms with van der Waals surface area (Å²) < 4.78 is 21.2. The predicted octanol–water partition coefficient (Wildman–Crippen LogP) is 3.02. The van der Waals surface area contributed by atoms with E-state index in [0.717, 1.165) is 11.1 Å². The Morgan fingerprint density at radius 2 is 2.04 bits per heavy atom. The van der Waals surface area contributed by atoms with Crippen molar-refractivity contribution < 1.29 is 28.5 Å². The zero-order valence-corrected chi connectivity index (χ0v) is 17.1. The third kappa shape index (κ3) is 5.69. The molecule has 0 bridgehead atoms. The molecule has 0 N–H and O–H groups in total. The van der Waals surface area contributed by atoms with Crippen LogP contribution >= 0.6 is 0 Å². The number of amides is 1. The van der Waals surface area contributed by atoms with Crippen molar-refractivity contribution in [2.24, 2.45) is 0 Å². The second-order valence-corrected chi connectivity index (χ2v) is 7.25. The Morgan fingerprint density at radius 1 is 1.29 bits per heavy atom. The molecule has 0 radical (unpaired) electrons. The largest absolute Gasteiger partial charge is 0.465 e. The molecule has 0 aromatic carbocycles. The molecule has 1 aliphatic heterocycles. The lowest BCUT2D eigenvalue weighted by Crippen LogP contribution is -2.42. The highest BCUT2D eigenvalue weighted by molar-refractivity contribution is 6.00. The zero-order chi connectivity index (χ0) is 20.7. The van der Waals surface area contributed by atoms with Gasteiger partial charge in [-0.25, -0.2) is 9.59 Å². The number of hydrogen-bond donors (Lipinski definition) is 0. The summed E-state index contributed by atoms with van der Waals surface area (Å²) in [6.45, 7) is 7.98. The van der Waals surface area contributed by atoms with Gasteiger partial charge in [0, 0.05) is 25.4 Å². The van der Waals surface area contributed by atoms with Crippen molar-refractivity contribution in [3.63, 3.8) is 0 Å². The van der Waals surface area contributed by atoms with Gasteiger partial charge in [0.2, 0.25) is 0 Å². The van der Waals surface area contributed by atoms with Crippen molar-refractivity contribution in [1.29, 1.82) is 0 Å². The van der Waals surface area contributed by atoms with Crippen molar-refractivity contribution in [3.8, 4) is 5.75 Å². The van der Waals surface area contributed by atoms with Crippen LogP contribution < -0.4 is 4.74 Å². The molecule has 1 aliphatic rings. The molecule has 1 aromatic heterocycles. The number of hydrogen-bond acceptors (Lipinski definition) is 7. The van der Waals surface area contributed by atoms with E-state index in [-0.39, 0.29) is 19.9 Å². The number of rotatable bonds is 6. The Kier molecular flexibility index (Phi) is 7.39. The van der Waals surface area contributed by atoms with Gasteiger partial charge >= 0.3 is 12.1 Å². The van der Waals surface area contributed by atoms with Crippen molar-refractivity contribution >= 4 is 17.6 Å². The van der Waals surface area contributed by atoms with Crippen LogP contribution in [0.25, 0.3) is 5.57 Å². The molecule has 0 saturated heterocycles. The monoisotopic (exact) mass is 392 g/mol. The molecule has 2 rings (SSSR count). The average molecular weight is 392 g/mol. The minimum Gasteiger partial charge on any atom is -0.465 e. The second kappa shape index (κ2) is 9.54. The van der Waals surface area contributed by atoms with Crippen LogP contribution in [0.15, 0.2) is 24.0 Å². The molecule has 8 heteroatoms. The Labute approximate surface area is 165 Å². The molecular weight excluding hydrogens is 364 g/mol. The van der Waals surface area contributed by atoms with Gasteiger partial charge in [0.05, 0.1) is 24.9 Å². The van der Waals surface area contributed by atoms with E-state index in [2.05, 4.69) is 4.98 Å². The lowest BCUT2D eigenvalue weighted by Gasteiger charge is -2.32. The van der Waals surface area contributed by atoms with E-state index in [0.29, 0.717) is 24.3 Å². The van der Waals surface area contributed by atoms with Gasteiger partial charge in [0.15, 0.2) is 6.79 Å². The minimum absolute atomic E-state index is 0.0603. The summed E-state index contributed by atoms with van der Waals surface area (Å²) in [5.41, 5.74) is 1.30. The fraction of sp³-hybridized carbons (Fsp3) is 0.550. The molecule has 0 saturated carbocycles. The first-order valence-corrected chi connectivity index (χ1v) is 9.20. The van der Waals surface area contributed by atoms with Gasteiger partial charge in [0.25, 0.3) is 0 Å². The lowest BCUT2D eigenvalue weighted by molar-refractivity contribution is -0.138. The lowest BCUT2D eigenvalue weighted by atomic mass is 9.93. The van der Waals surface area contributed by atoms with Crippen molar-refractivity contribution in [2.75, 3.05) is 33.6 Å². The summed E-state index contributed by atoms with van der Waals surface area (Å²) in [5, 5.41) is 0. The molecule has 0 fully saturated rings. The van der Waals surface area contributed by atoms with E-state index in [4.69, 9.17) is 18.9 Å². The molecular formula is C20H28N2O6. The second-order valence-electron chi connectivity index (χ2n) is 7.25. The molecule has 154 valence electrons. The van der Waals surface area contributed by atoms with E-state index in [9.17, 15) is 9.59 Å². The molecule has 0 atom stereocenters. The summed E-state index contributed by atoms with van der Waals surface area (Å²) in [4.78, 5) is 30.7. The van der Waals surface area contributed by atoms with Crippen LogP contribution in [0.1, 0.15) is 39.7 Å². The van der Waals surface area contributed by atoms with Gasteiger partial charge in [-0.3, -0.25) is 4.98 Å². The zero-order valence-electron chi connectivity index (χ0n) is 17.1. The first-order chi connectivity index (χ1) is 13.3. The summed E-state index contributed by atoms with van der Waals surface area (Å²) in [7, 11) is 1.53. The number of carbonyl (C=O) groups excluding carboxylic acids is 2. The maximum Gasteiger partial charge on any atom is 0.410 e. The Bertz CT molecular complexity index is 738. The summed E-state index contributed by atoms with van der Waals surface area (Å²) in [6, 6.07) is 1.78. The normalized spacial score (nSPS) is 14.7. The number of pyridine rings is 1. The number of nitrogens with zero attached hydrogens (tertiary/aromatic N) is 2. The minimum atomic E-state index is -0.614. The smallest absolute Gasteiger partial charge is 0.410 e. The van der Waals surface area contributed by atoms with Gasteiger partial charge in [0.1, 0.15) is 11.4 Å². The quantitative estimate of drug-likeness (QED) is 0.543. The molecule has 0 unspecified atom stereocenters. The molecule has 1 amide bonds. The van der Waals surface area contributed by atoms with Crippen LogP contribution in [0, 0.1) is 0 Å². The number of methoxy groups -OCH3 is 1. The number of aromatic nitrogens is 1. The number of esters is 1.